The molecule has 79 valence electrons. The Morgan fingerprint density at radius 2 is 1.62 bits per heavy atom. The fraction of sp³-hybridized carbons (Fsp3) is 0.556. The summed E-state index contributed by atoms with van der Waals surface area (Å²) in [7, 11) is 0. The van der Waals surface area contributed by atoms with Crippen molar-refractivity contribution in [1.29, 1.82) is 0 Å². The van der Waals surface area contributed by atoms with Gasteiger partial charge in [0.2, 0.25) is 0 Å². The van der Waals surface area contributed by atoms with Crippen molar-refractivity contribution in [2.24, 2.45) is 0 Å². The third kappa shape index (κ3) is 4.96. The molecule has 0 aromatic rings. The Kier molecular flexibility index (Phi) is 4.62. The molecule has 0 spiro atoms. The first-order valence-corrected chi connectivity index (χ1v) is 28.8. The normalized spacial score (nSPS) is 20.5. The van der Waals surface area contributed by atoms with Crippen LogP contribution in [0.15, 0.2) is 21.6 Å². The fourth-order valence-electron chi connectivity index (χ4n) is 1.32. The van der Waals surface area contributed by atoms with Crippen molar-refractivity contribution in [1.82, 2.24) is 0 Å². The van der Waals surface area contributed by atoms with Crippen LogP contribution in [0.4, 0.5) is 0 Å². The molecule has 0 amide bonds. The first kappa shape index (κ1) is 16.6. The van der Waals surface area contributed by atoms with Gasteiger partial charge in [-0.3, -0.25) is 0 Å². The first-order valence-electron chi connectivity index (χ1n) is 4.32. The van der Waals surface area contributed by atoms with Crippen LogP contribution < -0.4 is 0 Å². The Morgan fingerprint density at radius 3 is 1.77 bits per heavy atom. The minimum absolute atomic E-state index is 0. The Balaban J connectivity index is 0. The molecule has 0 saturated heterocycles. The van der Waals surface area contributed by atoms with Gasteiger partial charge in [-0.25, -0.2) is 0 Å². The van der Waals surface area contributed by atoms with Gasteiger partial charge in [-0.1, -0.05) is 0 Å². The Labute approximate surface area is 93.3 Å². The third-order valence-corrected chi connectivity index (χ3v) is 18.2. The van der Waals surface area contributed by atoms with Crippen LogP contribution in [0.2, 0.25) is 18.7 Å². The molecule has 0 radical (unpaired) electrons. The molecule has 0 aromatic heterocycles. The molecule has 1 aliphatic rings. The molecular formula is C9H21Cl2HfSi. The van der Waals surface area contributed by atoms with Gasteiger partial charge in [0.1, 0.15) is 0 Å². The zero-order valence-corrected chi connectivity index (χ0v) is 15.6. The second kappa shape index (κ2) is 3.62. The van der Waals surface area contributed by atoms with Crippen LogP contribution in [0.5, 0.6) is 0 Å². The van der Waals surface area contributed by atoms with E-state index in [0.29, 0.717) is 0 Å². The van der Waals surface area contributed by atoms with Crippen LogP contribution in [0.3, 0.4) is 0 Å². The fourth-order valence-corrected chi connectivity index (χ4v) is 10.5. The summed E-state index contributed by atoms with van der Waals surface area (Å²) in [5, 5.41) is 0. The van der Waals surface area contributed by atoms with Crippen molar-refractivity contribution < 1.29 is 15.7 Å². The van der Waals surface area contributed by atoms with Gasteiger partial charge in [-0.2, -0.15) is 0 Å². The average molecular weight is 407 g/mol. The van der Waals surface area contributed by atoms with Crippen molar-refractivity contribution >= 4 is 31.8 Å². The summed E-state index contributed by atoms with van der Waals surface area (Å²) in [5.74, 6) is 0. The van der Waals surface area contributed by atoms with Crippen LogP contribution in [0.25, 0.3) is 0 Å². The van der Waals surface area contributed by atoms with Gasteiger partial charge in [-0.05, 0) is 0 Å². The van der Waals surface area contributed by atoms with Crippen molar-refractivity contribution in [3.8, 4) is 0 Å². The van der Waals surface area contributed by atoms with E-state index in [0.717, 1.165) is 0 Å². The SMILES string of the molecule is Cl.Cl.[CH3][Hf]([CH3])([CH3])([CH3])(=[SiH2])[C]1=CC=CC1. The molecule has 1 rings (SSSR count). The maximum absolute atomic E-state index is 2.84. The van der Waals surface area contributed by atoms with Crippen LogP contribution in [-0.2, 0) is 15.7 Å². The van der Waals surface area contributed by atoms with E-state index < -0.39 is 15.7 Å². The van der Waals surface area contributed by atoms with Crippen LogP contribution in [-0.4, -0.2) is 6.94 Å². The van der Waals surface area contributed by atoms with E-state index >= 15 is 0 Å². The molecule has 0 N–H and O–H groups in total. The molecule has 0 nitrogen and oxygen atoms in total. The van der Waals surface area contributed by atoms with Gasteiger partial charge < -0.3 is 0 Å². The van der Waals surface area contributed by atoms with Gasteiger partial charge in [0.25, 0.3) is 0 Å². The van der Waals surface area contributed by atoms with Crippen molar-refractivity contribution in [2.45, 2.75) is 25.1 Å². The van der Waals surface area contributed by atoms with Crippen LogP contribution in [0, 0.1) is 0 Å². The quantitative estimate of drug-likeness (QED) is 0.583. The predicted molar refractivity (Wildman–Crippen MR) is 68.3 cm³/mol. The summed E-state index contributed by atoms with van der Waals surface area (Å²) in [6.07, 6.45) is 8.04. The Bertz CT molecular complexity index is 317. The van der Waals surface area contributed by atoms with E-state index in [1.165, 1.54) is 6.42 Å². The molecule has 0 unspecified atom stereocenters. The van der Waals surface area contributed by atoms with E-state index in [2.05, 4.69) is 43.9 Å². The molecule has 4 heteroatoms. The van der Waals surface area contributed by atoms with E-state index in [1.807, 2.05) is 0 Å². The van der Waals surface area contributed by atoms with Crippen molar-refractivity contribution in [3.05, 3.63) is 21.6 Å². The summed E-state index contributed by atoms with van der Waals surface area (Å²) >= 11 is -2.84. The van der Waals surface area contributed by atoms with E-state index in [4.69, 9.17) is 0 Å². The van der Waals surface area contributed by atoms with E-state index in [-0.39, 0.29) is 24.8 Å². The van der Waals surface area contributed by atoms with Crippen molar-refractivity contribution in [3.63, 3.8) is 0 Å². The zero-order valence-electron chi connectivity index (χ0n) is 8.96. The number of rotatable bonds is 1. The molecular weight excluding hydrogens is 386 g/mol. The van der Waals surface area contributed by atoms with Crippen LogP contribution >= 0.6 is 24.8 Å². The monoisotopic (exact) mass is 407 g/mol. The molecule has 0 heterocycles. The topological polar surface area (TPSA) is 0 Å². The van der Waals surface area contributed by atoms with Gasteiger partial charge >= 0.3 is 69.3 Å². The summed E-state index contributed by atoms with van der Waals surface area (Å²) in [6.45, 7) is 2.28. The summed E-state index contributed by atoms with van der Waals surface area (Å²) < 4.78 is 11.8. The Hall–Kier alpha value is 1.15. The molecule has 0 aliphatic heterocycles. The third-order valence-electron chi connectivity index (χ3n) is 2.28. The molecule has 0 saturated carbocycles. The van der Waals surface area contributed by atoms with Gasteiger partial charge in [0.05, 0.1) is 0 Å². The zero-order chi connectivity index (χ0) is 8.81. The molecule has 0 fully saturated rings. The first-order chi connectivity index (χ1) is 4.59. The van der Waals surface area contributed by atoms with Gasteiger partial charge in [0, 0.05) is 0 Å². The maximum atomic E-state index is 2.52. The number of hydrogen-bond donors (Lipinski definition) is 0. The second-order valence-electron chi connectivity index (χ2n) is 6.92. The molecule has 0 aromatic carbocycles. The standard InChI is InChI=1S/C5H5.4CH3.2ClH.Hf.H2Si/c1-2-4-5-3-1;;;;;;;;/h1-3H,4H2;4*1H3;2*1H;;1H2. The minimum atomic E-state index is -2.84. The average Bonchev–Trinajstić information content (AvgIpc) is 2.01. The molecule has 13 heavy (non-hydrogen) atoms. The molecule has 0 atom stereocenters. The number of hydrogen-bond acceptors (Lipinski definition) is 0. The van der Waals surface area contributed by atoms with E-state index in [1.54, 1.807) is 3.33 Å². The predicted octanol–water partition coefficient (Wildman–Crippen LogP) is 3.64. The molecule has 0 bridgehead atoms. The molecule has 1 aliphatic carbocycles. The number of allylic oxidation sites excluding steroid dienone is 4. The van der Waals surface area contributed by atoms with Crippen LogP contribution in [0.1, 0.15) is 6.42 Å². The Morgan fingerprint density at radius 1 is 1.15 bits per heavy atom. The summed E-state index contributed by atoms with van der Waals surface area (Å²) in [6, 6.07) is 0. The van der Waals surface area contributed by atoms with E-state index in [9.17, 15) is 0 Å². The van der Waals surface area contributed by atoms with Gasteiger partial charge in [-0.15, -0.1) is 24.8 Å². The van der Waals surface area contributed by atoms with Crippen molar-refractivity contribution in [2.75, 3.05) is 0 Å². The summed E-state index contributed by atoms with van der Waals surface area (Å²) in [4.78, 5) is 0. The number of halogens is 2. The second-order valence-corrected chi connectivity index (χ2v) is 75.4. The van der Waals surface area contributed by atoms with Gasteiger partial charge in [0.15, 0.2) is 0 Å². The summed E-state index contributed by atoms with van der Waals surface area (Å²) in [5.41, 5.74) is 0.